The van der Waals surface area contributed by atoms with E-state index in [9.17, 15) is 4.79 Å². The molecule has 0 aliphatic carbocycles. The molecule has 1 atom stereocenters. The largest absolute Gasteiger partial charge is 0.348 e. The maximum atomic E-state index is 12.7. The molecule has 116 valence electrons. The van der Waals surface area contributed by atoms with Crippen LogP contribution >= 0.6 is 0 Å². The lowest BCUT2D eigenvalue weighted by Gasteiger charge is -2.44. The molecule has 3 fully saturated rings. The quantitative estimate of drug-likeness (QED) is 0.865. The van der Waals surface area contributed by atoms with E-state index in [0.29, 0.717) is 11.5 Å². The fourth-order valence-electron chi connectivity index (χ4n) is 3.92. The van der Waals surface area contributed by atoms with Crippen molar-refractivity contribution in [1.29, 1.82) is 0 Å². The van der Waals surface area contributed by atoms with E-state index >= 15 is 0 Å². The molecular formula is C20H20N2O. The van der Waals surface area contributed by atoms with Gasteiger partial charge in [0.05, 0.1) is 0 Å². The Morgan fingerprint density at radius 2 is 2.04 bits per heavy atom. The molecule has 0 spiro atoms. The van der Waals surface area contributed by atoms with Gasteiger partial charge in [0.1, 0.15) is 0 Å². The SMILES string of the molecule is C#Cc1cccc2ccc(C(=O)NC3CN4CCC3CC4)cc12. The van der Waals surface area contributed by atoms with Crippen molar-refractivity contribution in [3.63, 3.8) is 0 Å². The van der Waals surface area contributed by atoms with Gasteiger partial charge in [-0.05, 0) is 60.8 Å². The van der Waals surface area contributed by atoms with Crippen LogP contribution in [0.3, 0.4) is 0 Å². The molecule has 5 rings (SSSR count). The van der Waals surface area contributed by atoms with Crippen LogP contribution in [0.1, 0.15) is 28.8 Å². The van der Waals surface area contributed by atoms with Crippen molar-refractivity contribution in [3.8, 4) is 12.3 Å². The van der Waals surface area contributed by atoms with Gasteiger partial charge in [0.15, 0.2) is 0 Å². The topological polar surface area (TPSA) is 32.3 Å². The normalized spacial score (nSPS) is 26.0. The zero-order valence-corrected chi connectivity index (χ0v) is 13.1. The number of carbonyl (C=O) groups is 1. The van der Waals surface area contributed by atoms with E-state index in [0.717, 1.165) is 22.9 Å². The van der Waals surface area contributed by atoms with Crippen LogP contribution in [0.4, 0.5) is 0 Å². The summed E-state index contributed by atoms with van der Waals surface area (Å²) in [6, 6.07) is 11.9. The molecular weight excluding hydrogens is 284 g/mol. The lowest BCUT2D eigenvalue weighted by atomic mass is 9.84. The van der Waals surface area contributed by atoms with Crippen molar-refractivity contribution in [2.75, 3.05) is 19.6 Å². The number of hydrogen-bond donors (Lipinski definition) is 1. The third-order valence-corrected chi connectivity index (χ3v) is 5.27. The summed E-state index contributed by atoms with van der Waals surface area (Å²) in [5, 5.41) is 5.27. The van der Waals surface area contributed by atoms with E-state index in [2.05, 4.69) is 16.1 Å². The summed E-state index contributed by atoms with van der Waals surface area (Å²) in [7, 11) is 0. The maximum Gasteiger partial charge on any atom is 0.251 e. The van der Waals surface area contributed by atoms with Gasteiger partial charge < -0.3 is 10.2 Å². The molecule has 3 nitrogen and oxygen atoms in total. The summed E-state index contributed by atoms with van der Waals surface area (Å²) in [4.78, 5) is 15.1. The van der Waals surface area contributed by atoms with Crippen LogP contribution in [0.5, 0.6) is 0 Å². The Bertz CT molecular complexity index is 797. The Hall–Kier alpha value is -2.31. The highest BCUT2D eigenvalue weighted by Gasteiger charge is 2.34. The summed E-state index contributed by atoms with van der Waals surface area (Å²) >= 11 is 0. The molecule has 0 saturated carbocycles. The van der Waals surface area contributed by atoms with Crippen molar-refractivity contribution in [2.45, 2.75) is 18.9 Å². The van der Waals surface area contributed by atoms with Gasteiger partial charge in [-0.3, -0.25) is 4.79 Å². The Kier molecular flexibility index (Phi) is 3.55. The summed E-state index contributed by atoms with van der Waals surface area (Å²) < 4.78 is 0. The lowest BCUT2D eigenvalue weighted by molar-refractivity contribution is 0.0620. The van der Waals surface area contributed by atoms with E-state index in [1.54, 1.807) is 0 Å². The minimum absolute atomic E-state index is 0.0116. The number of rotatable bonds is 2. The average Bonchev–Trinajstić information content (AvgIpc) is 2.61. The predicted octanol–water partition coefficient (Wildman–Crippen LogP) is 2.65. The smallest absolute Gasteiger partial charge is 0.251 e. The first-order valence-electron chi connectivity index (χ1n) is 8.27. The molecule has 3 aliphatic rings. The van der Waals surface area contributed by atoms with Crippen LogP contribution in [0.25, 0.3) is 10.8 Å². The second-order valence-electron chi connectivity index (χ2n) is 6.60. The summed E-state index contributed by atoms with van der Waals surface area (Å²) in [6.45, 7) is 3.34. The average molecular weight is 304 g/mol. The first-order valence-corrected chi connectivity index (χ1v) is 8.27. The Morgan fingerprint density at radius 1 is 1.22 bits per heavy atom. The molecule has 0 aromatic heterocycles. The lowest BCUT2D eigenvalue weighted by Crippen LogP contribution is -2.57. The van der Waals surface area contributed by atoms with E-state index in [1.807, 2.05) is 36.4 Å². The second kappa shape index (κ2) is 5.72. The highest BCUT2D eigenvalue weighted by Crippen LogP contribution is 2.28. The standard InChI is InChI=1S/C20H20N2O/c1-2-14-4-3-5-15-6-7-17(12-18(14)15)20(23)21-19-13-22-10-8-16(19)9-11-22/h1,3-7,12,16,19H,8-11,13H2,(H,21,23). The fourth-order valence-corrected chi connectivity index (χ4v) is 3.92. The maximum absolute atomic E-state index is 12.7. The highest BCUT2D eigenvalue weighted by molar-refractivity contribution is 6.00. The van der Waals surface area contributed by atoms with E-state index in [-0.39, 0.29) is 11.9 Å². The van der Waals surface area contributed by atoms with Gasteiger partial charge in [-0.1, -0.05) is 24.1 Å². The number of hydrogen-bond acceptors (Lipinski definition) is 2. The summed E-state index contributed by atoms with van der Waals surface area (Å²) in [6.07, 6.45) is 7.97. The number of amides is 1. The molecule has 2 aromatic rings. The van der Waals surface area contributed by atoms with Gasteiger partial charge in [-0.25, -0.2) is 0 Å². The second-order valence-corrected chi connectivity index (χ2v) is 6.60. The van der Waals surface area contributed by atoms with Gasteiger partial charge in [0.25, 0.3) is 5.91 Å². The predicted molar refractivity (Wildman–Crippen MR) is 92.3 cm³/mol. The molecule has 3 saturated heterocycles. The molecule has 1 amide bonds. The molecule has 3 heteroatoms. The molecule has 1 N–H and O–H groups in total. The summed E-state index contributed by atoms with van der Waals surface area (Å²) in [5.74, 6) is 3.34. The monoisotopic (exact) mass is 304 g/mol. The van der Waals surface area contributed by atoms with Crippen LogP contribution in [-0.2, 0) is 0 Å². The molecule has 1 unspecified atom stereocenters. The van der Waals surface area contributed by atoms with Gasteiger partial charge >= 0.3 is 0 Å². The Balaban J connectivity index is 1.59. The minimum Gasteiger partial charge on any atom is -0.348 e. The number of carbonyl (C=O) groups excluding carboxylic acids is 1. The third-order valence-electron chi connectivity index (χ3n) is 5.27. The van der Waals surface area contributed by atoms with Gasteiger partial charge in [0, 0.05) is 23.7 Å². The first-order chi connectivity index (χ1) is 11.2. The molecule has 2 aromatic carbocycles. The number of nitrogens with one attached hydrogen (secondary N) is 1. The van der Waals surface area contributed by atoms with Gasteiger partial charge in [0.2, 0.25) is 0 Å². The first kappa shape index (κ1) is 14.3. The zero-order chi connectivity index (χ0) is 15.8. The van der Waals surface area contributed by atoms with E-state index in [1.165, 1.54) is 25.9 Å². The Morgan fingerprint density at radius 3 is 2.74 bits per heavy atom. The van der Waals surface area contributed by atoms with E-state index < -0.39 is 0 Å². The highest BCUT2D eigenvalue weighted by atomic mass is 16.1. The molecule has 0 radical (unpaired) electrons. The van der Waals surface area contributed by atoms with Crippen LogP contribution in [-0.4, -0.2) is 36.5 Å². The van der Waals surface area contributed by atoms with Crippen molar-refractivity contribution in [2.24, 2.45) is 5.92 Å². The van der Waals surface area contributed by atoms with Crippen LogP contribution in [0.2, 0.25) is 0 Å². The minimum atomic E-state index is 0.0116. The number of piperidine rings is 3. The third kappa shape index (κ3) is 2.60. The molecule has 2 bridgehead atoms. The number of fused-ring (bicyclic) bond motifs is 4. The van der Waals surface area contributed by atoms with Crippen LogP contribution in [0, 0.1) is 18.3 Å². The van der Waals surface area contributed by atoms with Crippen LogP contribution < -0.4 is 5.32 Å². The van der Waals surface area contributed by atoms with Crippen molar-refractivity contribution < 1.29 is 4.79 Å². The van der Waals surface area contributed by atoms with Gasteiger partial charge in [-0.15, -0.1) is 6.42 Å². The number of benzene rings is 2. The van der Waals surface area contributed by atoms with Crippen molar-refractivity contribution >= 4 is 16.7 Å². The summed E-state index contributed by atoms with van der Waals surface area (Å²) in [5.41, 5.74) is 1.52. The van der Waals surface area contributed by atoms with Gasteiger partial charge in [-0.2, -0.15) is 0 Å². The van der Waals surface area contributed by atoms with Crippen molar-refractivity contribution in [3.05, 3.63) is 47.5 Å². The molecule has 3 aliphatic heterocycles. The van der Waals surface area contributed by atoms with E-state index in [4.69, 9.17) is 6.42 Å². The molecule has 23 heavy (non-hydrogen) atoms. The van der Waals surface area contributed by atoms with Crippen molar-refractivity contribution in [1.82, 2.24) is 10.2 Å². The fraction of sp³-hybridized carbons (Fsp3) is 0.350. The zero-order valence-electron chi connectivity index (χ0n) is 13.1. The number of terminal acetylenes is 1. The van der Waals surface area contributed by atoms with Crippen LogP contribution in [0.15, 0.2) is 36.4 Å². The molecule has 3 heterocycles. The Labute approximate surface area is 136 Å². The number of nitrogens with zero attached hydrogens (tertiary/aromatic N) is 1.